The molecule has 1 fully saturated rings. The molecule has 0 aliphatic carbocycles. The van der Waals surface area contributed by atoms with E-state index < -0.39 is 17.6 Å². The first-order valence-corrected chi connectivity index (χ1v) is 7.51. The fraction of sp³-hybridized carbons (Fsp3) is 0.786. The van der Waals surface area contributed by atoms with Crippen LogP contribution in [0.15, 0.2) is 0 Å². The van der Waals surface area contributed by atoms with Gasteiger partial charge in [0.1, 0.15) is 12.1 Å². The predicted molar refractivity (Wildman–Crippen MR) is 80.7 cm³/mol. The van der Waals surface area contributed by atoms with Crippen LogP contribution < -0.4 is 21.5 Å². The van der Waals surface area contributed by atoms with Crippen LogP contribution in [0.4, 0.5) is 4.79 Å². The third-order valence-electron chi connectivity index (χ3n) is 3.07. The van der Waals surface area contributed by atoms with Crippen LogP contribution in [0, 0.1) is 5.92 Å². The maximum absolute atomic E-state index is 11.7. The van der Waals surface area contributed by atoms with E-state index in [2.05, 4.69) is 21.5 Å². The van der Waals surface area contributed by atoms with E-state index in [1.54, 1.807) is 20.8 Å². The van der Waals surface area contributed by atoms with Gasteiger partial charge in [-0.3, -0.25) is 20.4 Å². The third-order valence-corrected chi connectivity index (χ3v) is 3.07. The molecule has 22 heavy (non-hydrogen) atoms. The first-order chi connectivity index (χ1) is 10.3. The van der Waals surface area contributed by atoms with Crippen molar-refractivity contribution >= 4 is 17.9 Å². The van der Waals surface area contributed by atoms with Crippen molar-refractivity contribution in [2.75, 3.05) is 19.6 Å². The number of carbonyl (C=O) groups is 3. The molecule has 0 aromatic carbocycles. The van der Waals surface area contributed by atoms with E-state index in [-0.39, 0.29) is 12.5 Å². The molecular weight excluding hydrogens is 288 g/mol. The summed E-state index contributed by atoms with van der Waals surface area (Å²) in [7, 11) is 0. The summed E-state index contributed by atoms with van der Waals surface area (Å²) >= 11 is 0. The van der Waals surface area contributed by atoms with Gasteiger partial charge in [0.15, 0.2) is 0 Å². The highest BCUT2D eigenvalue weighted by atomic mass is 16.6. The Labute approximate surface area is 130 Å². The fourth-order valence-corrected chi connectivity index (χ4v) is 2.05. The van der Waals surface area contributed by atoms with Gasteiger partial charge < -0.3 is 15.4 Å². The Morgan fingerprint density at radius 1 is 1.09 bits per heavy atom. The van der Waals surface area contributed by atoms with E-state index in [0.717, 1.165) is 25.9 Å². The smallest absolute Gasteiger partial charge is 0.408 e. The Hall–Kier alpha value is -1.83. The van der Waals surface area contributed by atoms with Crippen LogP contribution in [-0.4, -0.2) is 43.1 Å². The lowest BCUT2D eigenvalue weighted by Gasteiger charge is -2.22. The van der Waals surface area contributed by atoms with E-state index in [4.69, 9.17) is 4.74 Å². The maximum atomic E-state index is 11.7. The number of hydrogen-bond donors (Lipinski definition) is 4. The standard InChI is InChI=1S/C14H26N4O4/c1-14(2,3)22-13(21)16-9-12(20)18-17-11(19)8-10-4-6-15-7-5-10/h10,15H,4-9H2,1-3H3,(H,16,21)(H,17,19)(H,18,20). The lowest BCUT2D eigenvalue weighted by Crippen LogP contribution is -2.47. The minimum Gasteiger partial charge on any atom is -0.444 e. The van der Waals surface area contributed by atoms with E-state index >= 15 is 0 Å². The molecule has 1 aliphatic heterocycles. The minimum absolute atomic E-state index is 0.225. The van der Waals surface area contributed by atoms with E-state index in [0.29, 0.717) is 12.3 Å². The first-order valence-electron chi connectivity index (χ1n) is 7.51. The Balaban J connectivity index is 2.14. The van der Waals surface area contributed by atoms with Crippen LogP contribution in [0.5, 0.6) is 0 Å². The van der Waals surface area contributed by atoms with Gasteiger partial charge in [-0.15, -0.1) is 0 Å². The van der Waals surface area contributed by atoms with Crippen molar-refractivity contribution in [1.82, 2.24) is 21.5 Å². The van der Waals surface area contributed by atoms with Crippen molar-refractivity contribution in [1.29, 1.82) is 0 Å². The number of ether oxygens (including phenoxy) is 1. The Morgan fingerprint density at radius 2 is 1.68 bits per heavy atom. The summed E-state index contributed by atoms with van der Waals surface area (Å²) in [5.74, 6) is -0.389. The monoisotopic (exact) mass is 314 g/mol. The van der Waals surface area contributed by atoms with Crippen LogP contribution in [0.2, 0.25) is 0 Å². The number of hydrazine groups is 1. The van der Waals surface area contributed by atoms with Crippen LogP contribution in [-0.2, 0) is 14.3 Å². The van der Waals surface area contributed by atoms with Gasteiger partial charge in [0.2, 0.25) is 5.91 Å². The van der Waals surface area contributed by atoms with Gasteiger partial charge >= 0.3 is 6.09 Å². The van der Waals surface area contributed by atoms with Gasteiger partial charge in [0, 0.05) is 6.42 Å². The highest BCUT2D eigenvalue weighted by molar-refractivity contribution is 5.85. The zero-order valence-corrected chi connectivity index (χ0v) is 13.5. The van der Waals surface area contributed by atoms with Crippen LogP contribution in [0.25, 0.3) is 0 Å². The van der Waals surface area contributed by atoms with Gasteiger partial charge in [-0.25, -0.2) is 4.79 Å². The molecule has 0 aromatic rings. The van der Waals surface area contributed by atoms with Crippen LogP contribution in [0.3, 0.4) is 0 Å². The Kier molecular flexibility index (Phi) is 7.10. The van der Waals surface area contributed by atoms with E-state index in [1.165, 1.54) is 0 Å². The molecule has 1 rings (SSSR count). The SMILES string of the molecule is CC(C)(C)OC(=O)NCC(=O)NNC(=O)CC1CCNCC1. The number of carbonyl (C=O) groups excluding carboxylic acids is 3. The first kappa shape index (κ1) is 18.2. The molecule has 0 saturated carbocycles. The zero-order valence-electron chi connectivity index (χ0n) is 13.5. The molecule has 0 spiro atoms. The van der Waals surface area contributed by atoms with Gasteiger partial charge in [-0.1, -0.05) is 0 Å². The Morgan fingerprint density at radius 3 is 2.27 bits per heavy atom. The van der Waals surface area contributed by atoms with E-state index in [9.17, 15) is 14.4 Å². The molecule has 126 valence electrons. The summed E-state index contributed by atoms with van der Waals surface area (Å²) in [6.07, 6.45) is 1.63. The molecule has 8 nitrogen and oxygen atoms in total. The molecule has 0 bridgehead atoms. The fourth-order valence-electron chi connectivity index (χ4n) is 2.05. The van der Waals surface area contributed by atoms with Crippen LogP contribution >= 0.6 is 0 Å². The molecule has 0 aromatic heterocycles. The molecular formula is C14H26N4O4. The van der Waals surface area contributed by atoms with E-state index in [1.807, 2.05) is 0 Å². The topological polar surface area (TPSA) is 109 Å². The van der Waals surface area contributed by atoms with Crippen molar-refractivity contribution < 1.29 is 19.1 Å². The molecule has 1 saturated heterocycles. The number of amides is 3. The van der Waals surface area contributed by atoms with Gasteiger partial charge in [0.05, 0.1) is 0 Å². The average Bonchev–Trinajstić information content (AvgIpc) is 2.42. The predicted octanol–water partition coefficient (Wildman–Crippen LogP) is 0.0482. The second kappa shape index (κ2) is 8.57. The summed E-state index contributed by atoms with van der Waals surface area (Å²) in [6.45, 7) is 6.77. The van der Waals surface area contributed by atoms with Crippen molar-refractivity contribution in [3.63, 3.8) is 0 Å². The summed E-state index contributed by atoms with van der Waals surface area (Å²) in [5.41, 5.74) is 4.00. The second-order valence-electron chi connectivity index (χ2n) is 6.35. The second-order valence-corrected chi connectivity index (χ2v) is 6.35. The molecule has 1 heterocycles. The molecule has 0 unspecified atom stereocenters. The molecule has 3 amide bonds. The highest BCUT2D eigenvalue weighted by Crippen LogP contribution is 2.15. The lowest BCUT2D eigenvalue weighted by atomic mass is 9.94. The quantitative estimate of drug-likeness (QED) is 0.548. The van der Waals surface area contributed by atoms with Crippen molar-refractivity contribution in [2.24, 2.45) is 5.92 Å². The molecule has 0 radical (unpaired) electrons. The maximum Gasteiger partial charge on any atom is 0.408 e. The number of nitrogens with one attached hydrogen (secondary N) is 4. The van der Waals surface area contributed by atoms with Crippen molar-refractivity contribution in [3.05, 3.63) is 0 Å². The van der Waals surface area contributed by atoms with Gasteiger partial charge in [-0.2, -0.15) is 0 Å². The lowest BCUT2D eigenvalue weighted by molar-refractivity contribution is -0.129. The molecule has 1 aliphatic rings. The number of alkyl carbamates (subject to hydrolysis) is 1. The third kappa shape index (κ3) is 8.46. The number of piperidine rings is 1. The molecule has 0 atom stereocenters. The molecule has 8 heteroatoms. The number of rotatable bonds is 4. The van der Waals surface area contributed by atoms with Crippen molar-refractivity contribution in [3.8, 4) is 0 Å². The number of hydrogen-bond acceptors (Lipinski definition) is 5. The summed E-state index contributed by atoms with van der Waals surface area (Å²) in [4.78, 5) is 34.5. The average molecular weight is 314 g/mol. The summed E-state index contributed by atoms with van der Waals surface area (Å²) in [6, 6.07) is 0. The normalized spacial score (nSPS) is 15.8. The minimum atomic E-state index is -0.677. The van der Waals surface area contributed by atoms with Crippen molar-refractivity contribution in [2.45, 2.75) is 45.6 Å². The summed E-state index contributed by atoms with van der Waals surface area (Å²) < 4.78 is 4.99. The largest absolute Gasteiger partial charge is 0.444 e. The Bertz CT molecular complexity index is 400. The zero-order chi connectivity index (χ0) is 16.6. The highest BCUT2D eigenvalue weighted by Gasteiger charge is 2.18. The van der Waals surface area contributed by atoms with Crippen LogP contribution in [0.1, 0.15) is 40.0 Å². The van der Waals surface area contributed by atoms with Gasteiger partial charge in [0.25, 0.3) is 5.91 Å². The molecule has 4 N–H and O–H groups in total. The van der Waals surface area contributed by atoms with Gasteiger partial charge in [-0.05, 0) is 52.6 Å². The summed E-state index contributed by atoms with van der Waals surface area (Å²) in [5, 5.41) is 5.54.